The van der Waals surface area contributed by atoms with E-state index in [1.54, 1.807) is 6.07 Å². The smallest absolute Gasteiger partial charge is 0.234 e. The molecule has 0 saturated heterocycles. The van der Waals surface area contributed by atoms with Crippen molar-refractivity contribution < 1.29 is 9.18 Å². The molecule has 0 aliphatic rings. The van der Waals surface area contributed by atoms with E-state index in [9.17, 15) is 9.18 Å². The number of nitrogens with one attached hydrogen (secondary N) is 2. The maximum absolute atomic E-state index is 12.8. The minimum atomic E-state index is -0.279. The van der Waals surface area contributed by atoms with Crippen molar-refractivity contribution in [3.05, 3.63) is 34.1 Å². The Morgan fingerprint density at radius 3 is 2.76 bits per heavy atom. The van der Waals surface area contributed by atoms with Crippen LogP contribution < -0.4 is 10.6 Å². The molecule has 0 radical (unpaired) electrons. The summed E-state index contributed by atoms with van der Waals surface area (Å²) in [4.78, 5) is 11.3. The molecule has 17 heavy (non-hydrogen) atoms. The van der Waals surface area contributed by atoms with Crippen LogP contribution >= 0.6 is 15.9 Å². The Morgan fingerprint density at radius 1 is 1.47 bits per heavy atom. The fourth-order valence-corrected chi connectivity index (χ4v) is 1.84. The van der Waals surface area contributed by atoms with E-state index in [2.05, 4.69) is 26.6 Å². The normalized spacial score (nSPS) is 10.6. The molecule has 0 unspecified atom stereocenters. The predicted octanol–water partition coefficient (Wildman–Crippen LogP) is 2.20. The first-order valence-electron chi connectivity index (χ1n) is 5.43. The largest absolute Gasteiger partial charge is 0.353 e. The maximum atomic E-state index is 12.8. The van der Waals surface area contributed by atoms with Crippen LogP contribution in [0.25, 0.3) is 0 Å². The number of halogens is 2. The van der Waals surface area contributed by atoms with Gasteiger partial charge in [0.2, 0.25) is 5.91 Å². The van der Waals surface area contributed by atoms with Gasteiger partial charge in [0.05, 0.1) is 6.54 Å². The molecular formula is C12H16BrFN2O. The van der Waals surface area contributed by atoms with Gasteiger partial charge in [-0.2, -0.15) is 0 Å². The highest BCUT2D eigenvalue weighted by atomic mass is 79.9. The van der Waals surface area contributed by atoms with Crippen molar-refractivity contribution >= 4 is 21.8 Å². The summed E-state index contributed by atoms with van der Waals surface area (Å²) in [5.74, 6) is -0.323. The summed E-state index contributed by atoms with van der Waals surface area (Å²) in [6.45, 7) is 4.59. The zero-order valence-corrected chi connectivity index (χ0v) is 11.5. The number of amides is 1. The van der Waals surface area contributed by atoms with Gasteiger partial charge in [-0.1, -0.05) is 22.0 Å². The Hall–Kier alpha value is -0.940. The Balaban J connectivity index is 2.38. The highest BCUT2D eigenvalue weighted by Gasteiger charge is 2.04. The van der Waals surface area contributed by atoms with Gasteiger partial charge in [0.1, 0.15) is 5.82 Å². The molecule has 1 aromatic carbocycles. The maximum Gasteiger partial charge on any atom is 0.234 e. The van der Waals surface area contributed by atoms with Gasteiger partial charge in [0.25, 0.3) is 0 Å². The van der Waals surface area contributed by atoms with E-state index < -0.39 is 0 Å². The molecule has 0 saturated carbocycles. The van der Waals surface area contributed by atoms with Crippen LogP contribution in [0.2, 0.25) is 0 Å². The van der Waals surface area contributed by atoms with Crippen molar-refractivity contribution in [1.82, 2.24) is 10.6 Å². The third-order valence-corrected chi connectivity index (χ3v) is 2.80. The molecule has 1 aromatic rings. The minimum absolute atomic E-state index is 0.0433. The molecule has 94 valence electrons. The molecule has 1 rings (SSSR count). The van der Waals surface area contributed by atoms with Crippen LogP contribution in [0.4, 0.5) is 4.39 Å². The van der Waals surface area contributed by atoms with Crippen molar-refractivity contribution in [3.8, 4) is 0 Å². The van der Waals surface area contributed by atoms with Crippen LogP contribution in [0, 0.1) is 5.82 Å². The van der Waals surface area contributed by atoms with E-state index in [-0.39, 0.29) is 24.3 Å². The van der Waals surface area contributed by atoms with Crippen molar-refractivity contribution in [2.45, 2.75) is 26.4 Å². The van der Waals surface area contributed by atoms with Crippen LogP contribution in [0.5, 0.6) is 0 Å². The van der Waals surface area contributed by atoms with Gasteiger partial charge in [-0.25, -0.2) is 4.39 Å². The molecule has 0 fully saturated rings. The lowest BCUT2D eigenvalue weighted by Crippen LogP contribution is -2.37. The van der Waals surface area contributed by atoms with Crippen LogP contribution in [-0.2, 0) is 11.3 Å². The van der Waals surface area contributed by atoms with E-state index >= 15 is 0 Å². The molecule has 0 spiro atoms. The second-order valence-corrected chi connectivity index (χ2v) is 4.92. The van der Waals surface area contributed by atoms with E-state index in [0.717, 1.165) is 5.56 Å². The monoisotopic (exact) mass is 302 g/mol. The SMILES string of the molecule is CC(C)NC(=O)CNCc1ccc(F)cc1Br. The van der Waals surface area contributed by atoms with Gasteiger partial charge >= 0.3 is 0 Å². The van der Waals surface area contributed by atoms with E-state index in [1.807, 2.05) is 13.8 Å². The van der Waals surface area contributed by atoms with Gasteiger partial charge in [0.15, 0.2) is 0 Å². The summed E-state index contributed by atoms with van der Waals surface area (Å²) in [7, 11) is 0. The van der Waals surface area contributed by atoms with Crippen LogP contribution in [-0.4, -0.2) is 18.5 Å². The summed E-state index contributed by atoms with van der Waals surface area (Å²) in [6, 6.07) is 4.63. The van der Waals surface area contributed by atoms with Crippen molar-refractivity contribution in [2.75, 3.05) is 6.54 Å². The van der Waals surface area contributed by atoms with E-state index in [4.69, 9.17) is 0 Å². The first-order chi connectivity index (χ1) is 7.99. The molecule has 0 aliphatic carbocycles. The molecular weight excluding hydrogens is 287 g/mol. The average Bonchev–Trinajstić information content (AvgIpc) is 2.20. The summed E-state index contributed by atoms with van der Waals surface area (Å²) in [6.07, 6.45) is 0. The van der Waals surface area contributed by atoms with E-state index in [0.29, 0.717) is 11.0 Å². The van der Waals surface area contributed by atoms with Crippen LogP contribution in [0.1, 0.15) is 19.4 Å². The highest BCUT2D eigenvalue weighted by Crippen LogP contribution is 2.17. The van der Waals surface area contributed by atoms with Gasteiger partial charge in [-0.3, -0.25) is 4.79 Å². The van der Waals surface area contributed by atoms with Gasteiger partial charge in [-0.05, 0) is 31.5 Å². The molecule has 0 bridgehead atoms. The number of hydrogen-bond donors (Lipinski definition) is 2. The summed E-state index contributed by atoms with van der Waals surface area (Å²) < 4.78 is 13.5. The van der Waals surface area contributed by atoms with Gasteiger partial charge in [0, 0.05) is 17.1 Å². The molecule has 0 heterocycles. The van der Waals surface area contributed by atoms with Crippen LogP contribution in [0.15, 0.2) is 22.7 Å². The highest BCUT2D eigenvalue weighted by molar-refractivity contribution is 9.10. The third kappa shape index (κ3) is 5.28. The zero-order valence-electron chi connectivity index (χ0n) is 9.89. The molecule has 0 atom stereocenters. The van der Waals surface area contributed by atoms with Gasteiger partial charge < -0.3 is 10.6 Å². The molecule has 1 amide bonds. The fraction of sp³-hybridized carbons (Fsp3) is 0.417. The fourth-order valence-electron chi connectivity index (χ4n) is 1.35. The molecule has 5 heteroatoms. The number of rotatable bonds is 5. The lowest BCUT2D eigenvalue weighted by Gasteiger charge is -2.10. The third-order valence-electron chi connectivity index (χ3n) is 2.07. The standard InChI is InChI=1S/C12H16BrFN2O/c1-8(2)16-12(17)7-15-6-9-3-4-10(14)5-11(9)13/h3-5,8,15H,6-7H2,1-2H3,(H,16,17). The Morgan fingerprint density at radius 2 is 2.18 bits per heavy atom. The molecule has 3 nitrogen and oxygen atoms in total. The summed E-state index contributed by atoms with van der Waals surface area (Å²) in [5.41, 5.74) is 0.920. The molecule has 0 aliphatic heterocycles. The summed E-state index contributed by atoms with van der Waals surface area (Å²) >= 11 is 3.27. The second kappa shape index (κ2) is 6.71. The first-order valence-corrected chi connectivity index (χ1v) is 6.22. The van der Waals surface area contributed by atoms with Crippen molar-refractivity contribution in [1.29, 1.82) is 0 Å². The molecule has 2 N–H and O–H groups in total. The number of hydrogen-bond acceptors (Lipinski definition) is 2. The van der Waals surface area contributed by atoms with E-state index in [1.165, 1.54) is 12.1 Å². The zero-order chi connectivity index (χ0) is 12.8. The van der Waals surface area contributed by atoms with Crippen LogP contribution in [0.3, 0.4) is 0 Å². The number of benzene rings is 1. The number of carbonyl (C=O) groups is 1. The predicted molar refractivity (Wildman–Crippen MR) is 69.1 cm³/mol. The Labute approximate surface area is 109 Å². The quantitative estimate of drug-likeness (QED) is 0.875. The lowest BCUT2D eigenvalue weighted by molar-refractivity contribution is -0.120. The topological polar surface area (TPSA) is 41.1 Å². The first kappa shape index (κ1) is 14.1. The lowest BCUT2D eigenvalue weighted by atomic mass is 10.2. The second-order valence-electron chi connectivity index (χ2n) is 4.06. The number of carbonyl (C=O) groups excluding carboxylic acids is 1. The Bertz CT molecular complexity index is 396. The summed E-state index contributed by atoms with van der Waals surface area (Å²) in [5, 5.41) is 5.78. The van der Waals surface area contributed by atoms with Gasteiger partial charge in [-0.15, -0.1) is 0 Å². The van der Waals surface area contributed by atoms with Crippen molar-refractivity contribution in [2.24, 2.45) is 0 Å². The Kier molecular flexibility index (Phi) is 5.58. The van der Waals surface area contributed by atoms with Crippen molar-refractivity contribution in [3.63, 3.8) is 0 Å². The average molecular weight is 303 g/mol. The molecule has 0 aromatic heterocycles. The minimum Gasteiger partial charge on any atom is -0.353 e.